The van der Waals surface area contributed by atoms with Crippen molar-refractivity contribution in [2.45, 2.75) is 26.2 Å². The van der Waals surface area contributed by atoms with Crippen LogP contribution in [0, 0.1) is 0 Å². The van der Waals surface area contributed by atoms with E-state index in [2.05, 4.69) is 197 Å². The lowest BCUT2D eigenvalue weighted by atomic mass is 9.83. The number of benzene rings is 11. The van der Waals surface area contributed by atoms with Gasteiger partial charge in [-0.1, -0.05) is 178 Å². The molecule has 13 rings (SSSR count). The van der Waals surface area contributed by atoms with Crippen molar-refractivity contribution in [1.29, 1.82) is 0 Å². The molecular formula is C58H38. The average Bonchev–Trinajstić information content (AvgIpc) is 3.75. The first-order valence-electron chi connectivity index (χ1n) is 20.6. The molecule has 0 nitrogen and oxygen atoms in total. The zero-order valence-corrected chi connectivity index (χ0v) is 32.7. The van der Waals surface area contributed by atoms with Crippen molar-refractivity contribution in [3.05, 3.63) is 181 Å². The molecule has 0 radical (unpaired) electrons. The predicted octanol–water partition coefficient (Wildman–Crippen LogP) is 16.7. The minimum Gasteiger partial charge on any atom is -0.0622 e. The quantitative estimate of drug-likeness (QED) is 0.159. The summed E-state index contributed by atoms with van der Waals surface area (Å²) in [6.45, 7) is 6.99. The van der Waals surface area contributed by atoms with E-state index in [0.29, 0.717) is 0 Å². The minimum absolute atomic E-state index is 0.0302. The lowest BCUT2D eigenvalue weighted by molar-refractivity contribution is 0.591. The number of fused-ring (bicyclic) bond motifs is 7. The maximum Gasteiger partial charge on any atom is -0.000719 e. The van der Waals surface area contributed by atoms with Gasteiger partial charge >= 0.3 is 0 Å². The molecule has 0 heterocycles. The summed E-state index contributed by atoms with van der Waals surface area (Å²) >= 11 is 0. The van der Waals surface area contributed by atoms with Gasteiger partial charge in [0, 0.05) is 0 Å². The Labute approximate surface area is 336 Å². The van der Waals surface area contributed by atoms with Crippen LogP contribution in [0.4, 0.5) is 0 Å². The summed E-state index contributed by atoms with van der Waals surface area (Å²) in [5.74, 6) is 0. The van der Waals surface area contributed by atoms with Gasteiger partial charge in [-0.15, -0.1) is 0 Å². The minimum atomic E-state index is 0.0302. The van der Waals surface area contributed by atoms with E-state index in [1.54, 1.807) is 0 Å². The fourth-order valence-corrected chi connectivity index (χ4v) is 10.8. The van der Waals surface area contributed by atoms with E-state index in [0.717, 1.165) is 0 Å². The molecule has 13 aromatic rings. The van der Waals surface area contributed by atoms with Gasteiger partial charge in [-0.25, -0.2) is 0 Å². The van der Waals surface area contributed by atoms with E-state index in [1.807, 2.05) is 0 Å². The Hall–Kier alpha value is -7.02. The zero-order chi connectivity index (χ0) is 38.4. The van der Waals surface area contributed by atoms with Crippen LogP contribution in [-0.2, 0) is 5.41 Å². The molecule has 0 saturated carbocycles. The first-order valence-corrected chi connectivity index (χ1v) is 20.6. The van der Waals surface area contributed by atoms with E-state index < -0.39 is 0 Å². The van der Waals surface area contributed by atoms with Gasteiger partial charge in [0.05, 0.1) is 0 Å². The standard InChI is InChI=1S/C58H38/c1-58(2,3)39-28-37-23-22-36-24-25-44-55-49(30-38(29-39)50(37)53(36)55)57-52(35-18-11-6-12-19-35)48-32-46-43-27-26-40(33-14-7-4-8-15-33)41-20-13-21-42(54(41)43)45(46)31-47(48)51(56(44)57)34-16-9-5-10-17-34/h4-32H,1-3H3. The molecule has 0 aromatic heterocycles. The van der Waals surface area contributed by atoms with Crippen LogP contribution in [0.5, 0.6) is 0 Å². The molecule has 0 atom stereocenters. The third-order valence-electron chi connectivity index (χ3n) is 13.4. The Morgan fingerprint density at radius 2 is 0.810 bits per heavy atom. The highest BCUT2D eigenvalue weighted by Gasteiger charge is 2.27. The molecule has 0 unspecified atom stereocenters. The fraction of sp³-hybridized carbons (Fsp3) is 0.0690. The maximum atomic E-state index is 2.55. The average molecular weight is 735 g/mol. The van der Waals surface area contributed by atoms with Crippen LogP contribution in [-0.4, -0.2) is 0 Å². The molecule has 0 aliphatic rings. The Bertz CT molecular complexity index is 3770. The number of hydrogen-bond donors (Lipinski definition) is 0. The highest BCUT2D eigenvalue weighted by atomic mass is 14.3. The van der Waals surface area contributed by atoms with E-state index in [4.69, 9.17) is 0 Å². The Kier molecular flexibility index (Phi) is 6.26. The summed E-state index contributed by atoms with van der Waals surface area (Å²) in [6.07, 6.45) is 0. The van der Waals surface area contributed by atoms with Crippen molar-refractivity contribution >= 4 is 97.0 Å². The molecule has 0 spiro atoms. The second-order valence-electron chi connectivity index (χ2n) is 17.6. The van der Waals surface area contributed by atoms with Crippen LogP contribution in [0.3, 0.4) is 0 Å². The lowest BCUT2D eigenvalue weighted by Crippen LogP contribution is -2.10. The second-order valence-corrected chi connectivity index (χ2v) is 17.6. The largest absolute Gasteiger partial charge is 0.0622 e. The molecule has 13 aromatic carbocycles. The zero-order valence-electron chi connectivity index (χ0n) is 32.7. The summed E-state index contributed by atoms with van der Waals surface area (Å²) in [5.41, 5.74) is 9.07. The van der Waals surface area contributed by atoms with E-state index in [9.17, 15) is 0 Å². The predicted molar refractivity (Wildman–Crippen MR) is 253 cm³/mol. The van der Waals surface area contributed by atoms with Crippen molar-refractivity contribution in [1.82, 2.24) is 0 Å². The van der Waals surface area contributed by atoms with E-state index >= 15 is 0 Å². The monoisotopic (exact) mass is 734 g/mol. The van der Waals surface area contributed by atoms with Gasteiger partial charge in [0.15, 0.2) is 0 Å². The van der Waals surface area contributed by atoms with E-state index in [1.165, 1.54) is 136 Å². The molecule has 0 amide bonds. The maximum absolute atomic E-state index is 2.55. The van der Waals surface area contributed by atoms with Crippen LogP contribution < -0.4 is 0 Å². The Morgan fingerprint density at radius 1 is 0.276 bits per heavy atom. The van der Waals surface area contributed by atoms with Crippen molar-refractivity contribution in [3.8, 4) is 33.4 Å². The molecular weight excluding hydrogens is 697 g/mol. The third kappa shape index (κ3) is 4.19. The second kappa shape index (κ2) is 11.3. The molecule has 0 N–H and O–H groups in total. The van der Waals surface area contributed by atoms with Gasteiger partial charge in [0.25, 0.3) is 0 Å². The van der Waals surface area contributed by atoms with Crippen LogP contribution in [0.1, 0.15) is 26.3 Å². The molecule has 58 heavy (non-hydrogen) atoms. The van der Waals surface area contributed by atoms with Crippen LogP contribution >= 0.6 is 0 Å². The van der Waals surface area contributed by atoms with Crippen molar-refractivity contribution in [2.24, 2.45) is 0 Å². The Balaban J connectivity index is 1.29. The summed E-state index contributed by atoms with van der Waals surface area (Å²) in [7, 11) is 0. The SMILES string of the molecule is CC(C)(C)c1cc2ccc3ccc4c5c(-c6ccccc6)c6cc7c(cc6c(-c6ccccc6)c5c5cc(c1)c2c3c45)c1ccc(-c2ccccc2)c2cccc7c21. The molecule has 0 heteroatoms. The first kappa shape index (κ1) is 32.1. The fourth-order valence-electron chi connectivity index (χ4n) is 10.8. The number of rotatable bonds is 3. The van der Waals surface area contributed by atoms with Gasteiger partial charge in [-0.05, 0) is 160 Å². The molecule has 0 aliphatic heterocycles. The van der Waals surface area contributed by atoms with Crippen LogP contribution in [0.15, 0.2) is 176 Å². The highest BCUT2D eigenvalue weighted by molar-refractivity contribution is 6.46. The van der Waals surface area contributed by atoms with Crippen molar-refractivity contribution in [2.75, 3.05) is 0 Å². The summed E-state index contributed by atoms with van der Waals surface area (Å²) in [6, 6.07) is 66.8. The number of hydrogen-bond acceptors (Lipinski definition) is 0. The lowest BCUT2D eigenvalue weighted by Gasteiger charge is -2.21. The van der Waals surface area contributed by atoms with Gasteiger partial charge in [-0.2, -0.15) is 0 Å². The Morgan fingerprint density at radius 3 is 1.47 bits per heavy atom. The van der Waals surface area contributed by atoms with Gasteiger partial charge < -0.3 is 0 Å². The first-order chi connectivity index (χ1) is 28.4. The van der Waals surface area contributed by atoms with Gasteiger partial charge in [-0.3, -0.25) is 0 Å². The highest BCUT2D eigenvalue weighted by Crippen LogP contribution is 2.55. The molecule has 270 valence electrons. The molecule has 0 fully saturated rings. The van der Waals surface area contributed by atoms with Crippen molar-refractivity contribution < 1.29 is 0 Å². The van der Waals surface area contributed by atoms with Crippen molar-refractivity contribution in [3.63, 3.8) is 0 Å². The topological polar surface area (TPSA) is 0 Å². The van der Waals surface area contributed by atoms with Crippen LogP contribution in [0.2, 0.25) is 0 Å². The smallest absolute Gasteiger partial charge is 0.000719 e. The summed E-state index contributed by atoms with van der Waals surface area (Å²) in [4.78, 5) is 0. The molecule has 0 saturated heterocycles. The normalized spacial score (nSPS) is 12.7. The van der Waals surface area contributed by atoms with Gasteiger partial charge in [0.1, 0.15) is 0 Å². The molecule has 0 aliphatic carbocycles. The van der Waals surface area contributed by atoms with E-state index in [-0.39, 0.29) is 5.41 Å². The molecule has 0 bridgehead atoms. The van der Waals surface area contributed by atoms with Crippen LogP contribution in [0.25, 0.3) is 130 Å². The third-order valence-corrected chi connectivity index (χ3v) is 13.4. The van der Waals surface area contributed by atoms with Gasteiger partial charge in [0.2, 0.25) is 0 Å². The summed E-state index contributed by atoms with van der Waals surface area (Å²) in [5, 5.41) is 24.0. The summed E-state index contributed by atoms with van der Waals surface area (Å²) < 4.78 is 0.